The molecule has 88 valence electrons. The highest BCUT2D eigenvalue weighted by Gasteiger charge is 2.08. The van der Waals surface area contributed by atoms with Gasteiger partial charge in [0, 0.05) is 11.6 Å². The molecule has 1 heterocycles. The highest BCUT2D eigenvalue weighted by Crippen LogP contribution is 2.29. The zero-order valence-electron chi connectivity index (χ0n) is 8.75. The van der Waals surface area contributed by atoms with Gasteiger partial charge in [-0.2, -0.15) is 0 Å². The molecule has 17 heavy (non-hydrogen) atoms. The Balaban J connectivity index is 2.49. The zero-order valence-corrected chi connectivity index (χ0v) is 11.0. The molecule has 2 aromatic rings. The monoisotopic (exact) mass is 288 g/mol. The maximum Gasteiger partial charge on any atom is 0.162 e. The summed E-state index contributed by atoms with van der Waals surface area (Å²) in [5.41, 5.74) is 0.722. The van der Waals surface area contributed by atoms with Gasteiger partial charge >= 0.3 is 0 Å². The van der Waals surface area contributed by atoms with Gasteiger partial charge in [-0.05, 0) is 18.2 Å². The van der Waals surface area contributed by atoms with Gasteiger partial charge in [0.1, 0.15) is 16.1 Å². The number of methoxy groups -OCH3 is 1. The lowest BCUT2D eigenvalue weighted by atomic mass is 10.2. The summed E-state index contributed by atoms with van der Waals surface area (Å²) in [5, 5.41) is 1.04. The van der Waals surface area contributed by atoms with Gasteiger partial charge in [0.15, 0.2) is 5.82 Å². The van der Waals surface area contributed by atoms with Crippen molar-refractivity contribution in [2.24, 2.45) is 0 Å². The average molecular weight is 290 g/mol. The Morgan fingerprint density at radius 3 is 2.18 bits per heavy atom. The van der Waals surface area contributed by atoms with Crippen LogP contribution in [0.25, 0.3) is 11.4 Å². The van der Waals surface area contributed by atoms with Crippen LogP contribution in [0.1, 0.15) is 0 Å². The third-order valence-electron chi connectivity index (χ3n) is 2.07. The molecule has 0 amide bonds. The summed E-state index contributed by atoms with van der Waals surface area (Å²) in [4.78, 5) is 8.14. The first-order valence-electron chi connectivity index (χ1n) is 4.64. The van der Waals surface area contributed by atoms with E-state index in [0.29, 0.717) is 16.6 Å². The van der Waals surface area contributed by atoms with Gasteiger partial charge in [0.05, 0.1) is 12.1 Å². The van der Waals surface area contributed by atoms with Gasteiger partial charge < -0.3 is 4.74 Å². The summed E-state index contributed by atoms with van der Waals surface area (Å²) < 4.78 is 5.06. The van der Waals surface area contributed by atoms with Gasteiger partial charge in [0.25, 0.3) is 0 Å². The third-order valence-corrected chi connectivity index (χ3v) is 2.76. The number of nitrogens with zero attached hydrogens (tertiary/aromatic N) is 2. The van der Waals surface area contributed by atoms with E-state index < -0.39 is 0 Å². The lowest BCUT2D eigenvalue weighted by Crippen LogP contribution is -1.91. The average Bonchev–Trinajstić information content (AvgIpc) is 2.27. The van der Waals surface area contributed by atoms with E-state index in [1.54, 1.807) is 25.3 Å². The van der Waals surface area contributed by atoms with Crippen molar-refractivity contribution in [3.63, 3.8) is 0 Å². The van der Waals surface area contributed by atoms with Gasteiger partial charge in [-0.3, -0.25) is 0 Å². The van der Waals surface area contributed by atoms with Gasteiger partial charge in [-0.25, -0.2) is 9.97 Å². The smallest absolute Gasteiger partial charge is 0.162 e. The number of ether oxygens (including phenoxy) is 1. The van der Waals surface area contributed by atoms with E-state index in [2.05, 4.69) is 9.97 Å². The minimum absolute atomic E-state index is 0.284. The lowest BCUT2D eigenvalue weighted by molar-refractivity contribution is 0.415. The standard InChI is InChI=1S/C11H7Cl3N2O/c1-17-8-3-2-6(4-7(8)12)11-15-9(13)5-10(14)16-11/h2-5H,1H3. The molecule has 0 spiro atoms. The lowest BCUT2D eigenvalue weighted by Gasteiger charge is -2.05. The zero-order chi connectivity index (χ0) is 12.4. The third kappa shape index (κ3) is 2.80. The van der Waals surface area contributed by atoms with Crippen molar-refractivity contribution < 1.29 is 4.74 Å². The molecule has 1 aromatic heterocycles. The molecule has 0 fully saturated rings. The van der Waals surface area contributed by atoms with E-state index in [-0.39, 0.29) is 10.3 Å². The maximum absolute atomic E-state index is 6.01. The quantitative estimate of drug-likeness (QED) is 0.780. The van der Waals surface area contributed by atoms with Crippen molar-refractivity contribution in [1.29, 1.82) is 0 Å². The summed E-state index contributed by atoms with van der Waals surface area (Å²) in [5.74, 6) is 1.01. The molecule has 0 aliphatic carbocycles. The normalized spacial score (nSPS) is 10.4. The van der Waals surface area contributed by atoms with Crippen LogP contribution < -0.4 is 4.74 Å². The summed E-state index contributed by atoms with van der Waals surface area (Å²) in [7, 11) is 1.55. The summed E-state index contributed by atoms with van der Waals surface area (Å²) in [6.45, 7) is 0. The summed E-state index contributed by atoms with van der Waals surface area (Å²) in [6, 6.07) is 6.68. The topological polar surface area (TPSA) is 35.0 Å². The Hall–Kier alpha value is -1.03. The number of hydrogen-bond acceptors (Lipinski definition) is 3. The fraction of sp³-hybridized carbons (Fsp3) is 0.0909. The molecular formula is C11H7Cl3N2O. The van der Waals surface area contributed by atoms with E-state index >= 15 is 0 Å². The van der Waals surface area contributed by atoms with Crippen molar-refractivity contribution in [3.05, 3.63) is 39.6 Å². The minimum Gasteiger partial charge on any atom is -0.495 e. The first-order chi connectivity index (χ1) is 8.10. The molecule has 1 aromatic carbocycles. The molecule has 0 atom stereocenters. The molecule has 0 unspecified atom stereocenters. The van der Waals surface area contributed by atoms with Gasteiger partial charge in [-0.1, -0.05) is 34.8 Å². The first kappa shape index (κ1) is 12.4. The van der Waals surface area contributed by atoms with E-state index in [1.165, 1.54) is 6.07 Å². The highest BCUT2D eigenvalue weighted by atomic mass is 35.5. The number of rotatable bonds is 2. The van der Waals surface area contributed by atoms with Crippen LogP contribution in [0.15, 0.2) is 24.3 Å². The summed E-state index contributed by atoms with van der Waals surface area (Å²) in [6.07, 6.45) is 0. The van der Waals surface area contributed by atoms with Crippen molar-refractivity contribution in [2.45, 2.75) is 0 Å². The van der Waals surface area contributed by atoms with Crippen LogP contribution in [0.2, 0.25) is 15.3 Å². The Labute approximate surface area is 113 Å². The van der Waals surface area contributed by atoms with Crippen molar-refractivity contribution in [2.75, 3.05) is 7.11 Å². The fourth-order valence-corrected chi connectivity index (χ4v) is 2.01. The second-order valence-electron chi connectivity index (χ2n) is 3.19. The number of aromatic nitrogens is 2. The van der Waals surface area contributed by atoms with Crippen LogP contribution in [0.5, 0.6) is 5.75 Å². The van der Waals surface area contributed by atoms with Crippen molar-refractivity contribution in [3.8, 4) is 17.1 Å². The molecule has 0 N–H and O–H groups in total. The SMILES string of the molecule is COc1ccc(-c2nc(Cl)cc(Cl)n2)cc1Cl. The minimum atomic E-state index is 0.284. The highest BCUT2D eigenvalue weighted by molar-refractivity contribution is 6.33. The van der Waals surface area contributed by atoms with E-state index in [4.69, 9.17) is 39.5 Å². The van der Waals surface area contributed by atoms with E-state index in [9.17, 15) is 0 Å². The van der Waals surface area contributed by atoms with Crippen LogP contribution in [0, 0.1) is 0 Å². The Morgan fingerprint density at radius 1 is 1.00 bits per heavy atom. The van der Waals surface area contributed by atoms with Crippen molar-refractivity contribution in [1.82, 2.24) is 9.97 Å². The molecule has 0 bridgehead atoms. The van der Waals surface area contributed by atoms with Crippen LogP contribution >= 0.6 is 34.8 Å². The Bertz CT molecular complexity index is 540. The van der Waals surface area contributed by atoms with Gasteiger partial charge in [-0.15, -0.1) is 0 Å². The van der Waals surface area contributed by atoms with Crippen LogP contribution in [-0.4, -0.2) is 17.1 Å². The second kappa shape index (κ2) is 5.08. The second-order valence-corrected chi connectivity index (χ2v) is 4.37. The van der Waals surface area contributed by atoms with Crippen LogP contribution in [0.4, 0.5) is 0 Å². The van der Waals surface area contributed by atoms with E-state index in [0.717, 1.165) is 5.56 Å². The predicted octanol–water partition coefficient (Wildman–Crippen LogP) is 4.11. The largest absolute Gasteiger partial charge is 0.495 e. The molecule has 6 heteroatoms. The molecule has 0 aliphatic rings. The van der Waals surface area contributed by atoms with Crippen molar-refractivity contribution >= 4 is 34.8 Å². The maximum atomic E-state index is 6.01. The molecule has 0 saturated carbocycles. The van der Waals surface area contributed by atoms with Crippen LogP contribution in [-0.2, 0) is 0 Å². The summed E-state index contributed by atoms with van der Waals surface area (Å²) >= 11 is 17.6. The molecule has 0 saturated heterocycles. The number of hydrogen-bond donors (Lipinski definition) is 0. The molecule has 0 aliphatic heterocycles. The molecule has 3 nitrogen and oxygen atoms in total. The molecular weight excluding hydrogens is 282 g/mol. The number of benzene rings is 1. The Kier molecular flexibility index (Phi) is 3.72. The van der Waals surface area contributed by atoms with E-state index in [1.807, 2.05) is 0 Å². The molecule has 0 radical (unpaired) electrons. The van der Waals surface area contributed by atoms with Crippen LogP contribution in [0.3, 0.4) is 0 Å². The molecule has 2 rings (SSSR count). The first-order valence-corrected chi connectivity index (χ1v) is 5.77. The predicted molar refractivity (Wildman–Crippen MR) is 69.1 cm³/mol. The Morgan fingerprint density at radius 2 is 1.65 bits per heavy atom. The van der Waals surface area contributed by atoms with Gasteiger partial charge in [0.2, 0.25) is 0 Å². The fourth-order valence-electron chi connectivity index (χ4n) is 1.32. The number of halogens is 3.